The normalized spacial score (nSPS) is 19.2. The summed E-state index contributed by atoms with van der Waals surface area (Å²) in [6.07, 6.45) is -0.488. The summed E-state index contributed by atoms with van der Waals surface area (Å²) < 4.78 is 51.6. The van der Waals surface area contributed by atoms with Crippen molar-refractivity contribution in [3.63, 3.8) is 0 Å². The van der Waals surface area contributed by atoms with Gasteiger partial charge in [-0.3, -0.25) is 4.79 Å². The maximum Gasteiger partial charge on any atom is 0.409 e. The summed E-state index contributed by atoms with van der Waals surface area (Å²) in [5.74, 6) is -2.50. The third kappa shape index (κ3) is 4.65. The monoisotopic (exact) mass is 549 g/mol. The summed E-state index contributed by atoms with van der Waals surface area (Å²) in [4.78, 5) is 27.0. The lowest BCUT2D eigenvalue weighted by Gasteiger charge is -2.35. The molecule has 0 radical (unpaired) electrons. The van der Waals surface area contributed by atoms with Crippen molar-refractivity contribution in [2.75, 3.05) is 30.9 Å². The highest BCUT2D eigenvalue weighted by Gasteiger charge is 2.39. The van der Waals surface area contributed by atoms with Crippen LogP contribution in [0.3, 0.4) is 0 Å². The highest BCUT2D eigenvalue weighted by atomic mass is 35.5. The smallest absolute Gasteiger partial charge is 0.409 e. The van der Waals surface area contributed by atoms with Crippen LogP contribution in [-0.2, 0) is 25.9 Å². The molecule has 0 spiro atoms. The Morgan fingerprint density at radius 1 is 1.24 bits per heavy atom. The summed E-state index contributed by atoms with van der Waals surface area (Å²) >= 11 is 5.96. The number of hydrogen-bond acceptors (Lipinski definition) is 9. The van der Waals surface area contributed by atoms with Gasteiger partial charge in [-0.15, -0.1) is 10.2 Å². The number of ether oxygens (including phenoxy) is 1. The summed E-state index contributed by atoms with van der Waals surface area (Å²) in [5.41, 5.74) is 6.35. The van der Waals surface area contributed by atoms with Gasteiger partial charge in [-0.25, -0.2) is 17.6 Å². The number of sulfone groups is 1. The fourth-order valence-corrected chi connectivity index (χ4v) is 5.93. The van der Waals surface area contributed by atoms with E-state index in [2.05, 4.69) is 14.9 Å². The first-order valence-corrected chi connectivity index (χ1v) is 13.1. The fourth-order valence-electron chi connectivity index (χ4n) is 4.24. The Labute approximate surface area is 215 Å². The van der Waals surface area contributed by atoms with Crippen LogP contribution in [0.1, 0.15) is 17.4 Å². The molecular weight excluding hydrogens is 529 g/mol. The van der Waals surface area contributed by atoms with Gasteiger partial charge < -0.3 is 24.7 Å². The minimum atomic E-state index is -4.10. The molecule has 0 unspecified atom stereocenters. The molecular formula is C23H21ClFN5O6S. The van der Waals surface area contributed by atoms with E-state index in [0.29, 0.717) is 23.7 Å². The zero-order valence-corrected chi connectivity index (χ0v) is 21.0. The Bertz CT molecular complexity index is 1490. The molecule has 2 amide bonds. The van der Waals surface area contributed by atoms with Crippen molar-refractivity contribution in [2.24, 2.45) is 5.73 Å². The third-order valence-electron chi connectivity index (χ3n) is 6.25. The Morgan fingerprint density at radius 2 is 1.95 bits per heavy atom. The van der Waals surface area contributed by atoms with Crippen LogP contribution in [0.25, 0.3) is 11.5 Å². The predicted octanol–water partition coefficient (Wildman–Crippen LogP) is 2.34. The topological polar surface area (TPSA) is 149 Å². The van der Waals surface area contributed by atoms with Crippen LogP contribution >= 0.6 is 11.6 Å². The van der Waals surface area contributed by atoms with Crippen LogP contribution in [0.2, 0.25) is 5.02 Å². The highest BCUT2D eigenvalue weighted by molar-refractivity contribution is 7.91. The van der Waals surface area contributed by atoms with E-state index in [1.54, 1.807) is 24.3 Å². The summed E-state index contributed by atoms with van der Waals surface area (Å²) in [6.45, 7) is 0.554. The quantitative estimate of drug-likeness (QED) is 0.517. The SMILES string of the molecule is COC(=O)N1CC(c2nnc(-c3cc4c(cc3F)S(=O)(=O)C[C@H](N)C(=O)N4Cc3ccc(Cl)cc3)o2)C1. The molecule has 0 aliphatic carbocycles. The van der Waals surface area contributed by atoms with E-state index in [1.807, 2.05) is 0 Å². The van der Waals surface area contributed by atoms with Crippen LogP contribution in [0, 0.1) is 5.82 Å². The van der Waals surface area contributed by atoms with Gasteiger partial charge in [0.25, 0.3) is 5.89 Å². The molecule has 1 fully saturated rings. The number of likely N-dealkylation sites (tertiary alicyclic amines) is 1. The number of amides is 2. The van der Waals surface area contributed by atoms with Gasteiger partial charge in [-0.05, 0) is 29.8 Å². The van der Waals surface area contributed by atoms with Crippen molar-refractivity contribution in [1.29, 1.82) is 0 Å². The number of nitrogens with two attached hydrogens (primary N) is 1. The lowest BCUT2D eigenvalue weighted by atomic mass is 10.0. The summed E-state index contributed by atoms with van der Waals surface area (Å²) in [7, 11) is -2.83. The Kier molecular flexibility index (Phi) is 6.38. The van der Waals surface area contributed by atoms with Crippen LogP contribution < -0.4 is 10.6 Å². The number of halogens is 2. The molecule has 37 heavy (non-hydrogen) atoms. The number of carbonyl (C=O) groups excluding carboxylic acids is 2. The van der Waals surface area contributed by atoms with Crippen LogP contribution in [0.5, 0.6) is 0 Å². The van der Waals surface area contributed by atoms with E-state index in [9.17, 15) is 18.0 Å². The molecule has 194 valence electrons. The minimum Gasteiger partial charge on any atom is -0.453 e. The van der Waals surface area contributed by atoms with Crippen LogP contribution in [-0.4, -0.2) is 67.5 Å². The number of nitrogens with zero attached hydrogens (tertiary/aromatic N) is 4. The maximum absolute atomic E-state index is 15.2. The molecule has 14 heteroatoms. The molecule has 2 N–H and O–H groups in total. The standard InChI is InChI=1S/C23H21ClFN5O6S/c1-35-23(32)29-9-13(10-29)20-27-28-21(36-20)15-6-18-19(7-16(15)25)37(33,34)11-17(26)22(31)30(18)8-12-2-4-14(24)5-3-12/h2-7,13,17H,8-11,26H2,1H3/t17-/m0/s1. The van der Waals surface area contributed by atoms with Gasteiger partial charge in [0.1, 0.15) is 5.82 Å². The largest absolute Gasteiger partial charge is 0.453 e. The average molecular weight is 550 g/mol. The molecule has 3 aromatic rings. The molecule has 2 aliphatic heterocycles. The molecule has 1 atom stereocenters. The van der Waals surface area contributed by atoms with Gasteiger partial charge in [-0.2, -0.15) is 0 Å². The lowest BCUT2D eigenvalue weighted by Crippen LogP contribution is -2.48. The van der Waals surface area contributed by atoms with Crippen molar-refractivity contribution in [1.82, 2.24) is 15.1 Å². The van der Waals surface area contributed by atoms with Crippen LogP contribution in [0.15, 0.2) is 45.7 Å². The third-order valence-corrected chi connectivity index (χ3v) is 8.29. The van der Waals surface area contributed by atoms with E-state index in [-0.39, 0.29) is 40.4 Å². The summed E-state index contributed by atoms with van der Waals surface area (Å²) in [6, 6.07) is 7.33. The highest BCUT2D eigenvalue weighted by Crippen LogP contribution is 2.38. The first-order chi connectivity index (χ1) is 17.6. The van der Waals surface area contributed by atoms with Gasteiger partial charge in [0.15, 0.2) is 9.84 Å². The zero-order valence-electron chi connectivity index (χ0n) is 19.4. The Balaban J connectivity index is 1.54. The number of fused-ring (bicyclic) bond motifs is 1. The van der Waals surface area contributed by atoms with Crippen molar-refractivity contribution in [3.8, 4) is 11.5 Å². The second-order valence-corrected chi connectivity index (χ2v) is 11.2. The molecule has 1 saturated heterocycles. The molecule has 0 saturated carbocycles. The molecule has 2 aromatic carbocycles. The number of aromatic nitrogens is 2. The average Bonchev–Trinajstić information content (AvgIpc) is 3.29. The van der Waals surface area contributed by atoms with Crippen molar-refractivity contribution < 1.29 is 31.6 Å². The predicted molar refractivity (Wildman–Crippen MR) is 129 cm³/mol. The van der Waals surface area contributed by atoms with Gasteiger partial charge in [-0.1, -0.05) is 23.7 Å². The van der Waals surface area contributed by atoms with E-state index in [0.717, 1.165) is 6.07 Å². The zero-order chi connectivity index (χ0) is 26.5. The fraction of sp³-hybridized carbons (Fsp3) is 0.304. The molecule has 5 rings (SSSR count). The molecule has 11 nitrogen and oxygen atoms in total. The molecule has 3 heterocycles. The molecule has 0 bridgehead atoms. The van der Waals surface area contributed by atoms with E-state index in [4.69, 9.17) is 21.8 Å². The van der Waals surface area contributed by atoms with Crippen LogP contribution in [0.4, 0.5) is 14.9 Å². The first-order valence-electron chi connectivity index (χ1n) is 11.1. The van der Waals surface area contributed by atoms with Gasteiger partial charge in [0, 0.05) is 18.1 Å². The number of methoxy groups -OCH3 is 1. The number of carbonyl (C=O) groups is 2. The van der Waals surface area contributed by atoms with E-state index >= 15 is 4.39 Å². The van der Waals surface area contributed by atoms with E-state index < -0.39 is 39.4 Å². The van der Waals surface area contributed by atoms with Crippen molar-refractivity contribution in [3.05, 3.63) is 58.7 Å². The first kappa shape index (κ1) is 25.1. The Hall–Kier alpha value is -3.55. The van der Waals surface area contributed by atoms with Gasteiger partial charge >= 0.3 is 6.09 Å². The minimum absolute atomic E-state index is 0.0299. The van der Waals surface area contributed by atoms with Gasteiger partial charge in [0.2, 0.25) is 11.8 Å². The second kappa shape index (κ2) is 9.39. The van der Waals surface area contributed by atoms with Gasteiger partial charge in [0.05, 0.1) is 47.5 Å². The van der Waals surface area contributed by atoms with Crippen molar-refractivity contribution >= 4 is 39.1 Å². The van der Waals surface area contributed by atoms with E-state index in [1.165, 1.54) is 23.0 Å². The van der Waals surface area contributed by atoms with Crippen molar-refractivity contribution in [2.45, 2.75) is 23.4 Å². The maximum atomic E-state index is 15.2. The summed E-state index contributed by atoms with van der Waals surface area (Å²) in [5, 5.41) is 8.37. The Morgan fingerprint density at radius 3 is 2.62 bits per heavy atom. The number of benzene rings is 2. The lowest BCUT2D eigenvalue weighted by molar-refractivity contribution is -0.119. The number of hydrogen-bond donors (Lipinski definition) is 1. The second-order valence-electron chi connectivity index (χ2n) is 8.76. The molecule has 1 aromatic heterocycles. The molecule has 2 aliphatic rings. The number of anilines is 1. The number of rotatable bonds is 4.